The molecule has 1 aromatic heterocycles. The van der Waals surface area contributed by atoms with Crippen molar-refractivity contribution >= 4 is 17.2 Å². The van der Waals surface area contributed by atoms with Gasteiger partial charge in [-0.3, -0.25) is 4.98 Å². The summed E-state index contributed by atoms with van der Waals surface area (Å²) in [6, 6.07) is 1.48. The minimum Gasteiger partial charge on any atom is -0.465 e. The number of ether oxygens (including phenoxy) is 1. The predicted molar refractivity (Wildman–Crippen MR) is 50.7 cm³/mol. The van der Waals surface area contributed by atoms with Gasteiger partial charge < -0.3 is 4.74 Å². The van der Waals surface area contributed by atoms with Crippen molar-refractivity contribution in [1.29, 1.82) is 0 Å². The Morgan fingerprint density at radius 2 is 2.36 bits per heavy atom. The van der Waals surface area contributed by atoms with Crippen LogP contribution in [-0.4, -0.2) is 18.1 Å². The van der Waals surface area contributed by atoms with E-state index in [1.807, 2.05) is 0 Å². The van der Waals surface area contributed by atoms with E-state index in [1.54, 1.807) is 0 Å². The van der Waals surface area contributed by atoms with Crippen LogP contribution >= 0.6 is 0 Å². The third-order valence-electron chi connectivity index (χ3n) is 1.66. The summed E-state index contributed by atoms with van der Waals surface area (Å²) in [6.45, 7) is 3.50. The third-order valence-corrected chi connectivity index (χ3v) is 1.66. The first-order valence-electron chi connectivity index (χ1n) is 3.75. The van der Waals surface area contributed by atoms with Crippen molar-refractivity contribution < 1.29 is 9.53 Å². The van der Waals surface area contributed by atoms with Crippen molar-refractivity contribution in [2.45, 2.75) is 0 Å². The molecule has 1 heterocycles. The van der Waals surface area contributed by atoms with E-state index in [1.165, 1.54) is 25.6 Å². The second kappa shape index (κ2) is 4.27. The van der Waals surface area contributed by atoms with Gasteiger partial charge >= 0.3 is 5.97 Å². The number of pyridine rings is 1. The highest BCUT2D eigenvalue weighted by atomic mass is 16.5. The quantitative estimate of drug-likeness (QED) is 0.415. The van der Waals surface area contributed by atoms with Crippen LogP contribution in [0.15, 0.2) is 30.2 Å². The molecule has 5 heteroatoms. The highest BCUT2D eigenvalue weighted by molar-refractivity contribution is 6.16. The minimum atomic E-state index is -0.596. The Balaban J connectivity index is 3.12. The molecule has 0 unspecified atom stereocenters. The summed E-state index contributed by atoms with van der Waals surface area (Å²) < 4.78 is 4.46. The zero-order valence-electron chi connectivity index (χ0n) is 7.56. The normalized spacial score (nSPS) is 9.21. The summed E-state index contributed by atoms with van der Waals surface area (Å²) in [4.78, 5) is 25.2. The van der Waals surface area contributed by atoms with Crippen LogP contribution in [0.1, 0.15) is 5.56 Å². The minimum absolute atomic E-state index is 0.0721. The van der Waals surface area contributed by atoms with Crippen molar-refractivity contribution in [3.63, 3.8) is 0 Å². The largest absolute Gasteiger partial charge is 0.465 e. The van der Waals surface area contributed by atoms with E-state index >= 15 is 0 Å². The first kappa shape index (κ1) is 10.0. The first-order valence-corrected chi connectivity index (χ1v) is 3.75. The van der Waals surface area contributed by atoms with E-state index < -0.39 is 5.97 Å². The van der Waals surface area contributed by atoms with Gasteiger partial charge in [-0.1, -0.05) is 6.58 Å². The molecular formula is C9H8N2O3. The van der Waals surface area contributed by atoms with E-state index in [-0.39, 0.29) is 11.3 Å². The lowest BCUT2D eigenvalue weighted by molar-refractivity contribution is -0.133. The molecule has 0 fully saturated rings. The van der Waals surface area contributed by atoms with Gasteiger partial charge in [-0.25, -0.2) is 4.79 Å². The molecule has 0 radical (unpaired) electrons. The topological polar surface area (TPSA) is 68.6 Å². The molecule has 72 valence electrons. The summed E-state index contributed by atoms with van der Waals surface area (Å²) in [6.07, 6.45) is 2.70. The van der Waals surface area contributed by atoms with E-state index in [0.29, 0.717) is 5.56 Å². The van der Waals surface area contributed by atoms with Crippen molar-refractivity contribution in [1.82, 2.24) is 4.98 Å². The molecular weight excluding hydrogens is 184 g/mol. The number of methoxy groups -OCH3 is 1. The van der Waals surface area contributed by atoms with Gasteiger partial charge in [-0.15, -0.1) is 4.91 Å². The van der Waals surface area contributed by atoms with Gasteiger partial charge in [0, 0.05) is 11.8 Å². The van der Waals surface area contributed by atoms with Gasteiger partial charge in [-0.2, -0.15) is 0 Å². The molecule has 1 rings (SSSR count). The maximum atomic E-state index is 11.1. The number of esters is 1. The Hall–Kier alpha value is -2.04. The number of hydrogen-bond donors (Lipinski definition) is 0. The Labute approximate surface area is 80.4 Å². The Morgan fingerprint density at radius 3 is 2.93 bits per heavy atom. The number of nitroso groups, excluding NO2 is 1. The SMILES string of the molecule is C=C(C(=O)OC)c1ccncc1N=O. The van der Waals surface area contributed by atoms with Gasteiger partial charge in [0.1, 0.15) is 5.69 Å². The summed E-state index contributed by atoms with van der Waals surface area (Å²) >= 11 is 0. The summed E-state index contributed by atoms with van der Waals surface area (Å²) in [5.74, 6) is -0.596. The molecule has 0 saturated heterocycles. The van der Waals surface area contributed by atoms with Crippen LogP contribution in [0.2, 0.25) is 0 Å². The van der Waals surface area contributed by atoms with Gasteiger partial charge in [0.25, 0.3) is 0 Å². The third kappa shape index (κ3) is 1.82. The van der Waals surface area contributed by atoms with E-state index in [4.69, 9.17) is 0 Å². The molecule has 0 spiro atoms. The molecule has 0 saturated carbocycles. The van der Waals surface area contributed by atoms with E-state index in [9.17, 15) is 9.70 Å². The lowest BCUT2D eigenvalue weighted by Crippen LogP contribution is -2.02. The Bertz CT molecular complexity index is 387. The maximum Gasteiger partial charge on any atom is 0.337 e. The average Bonchev–Trinajstić information content (AvgIpc) is 2.26. The molecule has 0 amide bonds. The highest BCUT2D eigenvalue weighted by Gasteiger charge is 2.13. The number of hydrogen-bond acceptors (Lipinski definition) is 5. The summed E-state index contributed by atoms with van der Waals surface area (Å²) in [7, 11) is 1.24. The fraction of sp³-hybridized carbons (Fsp3) is 0.111. The average molecular weight is 192 g/mol. The van der Waals surface area contributed by atoms with E-state index in [2.05, 4.69) is 21.5 Å². The molecule has 0 N–H and O–H groups in total. The molecule has 1 aromatic rings. The predicted octanol–water partition coefficient (Wildman–Crippen LogP) is 1.67. The smallest absolute Gasteiger partial charge is 0.337 e. The van der Waals surface area contributed by atoms with Crippen LogP contribution in [0.4, 0.5) is 5.69 Å². The fourth-order valence-electron chi connectivity index (χ4n) is 0.947. The molecule has 5 nitrogen and oxygen atoms in total. The number of nitrogens with zero attached hydrogens (tertiary/aromatic N) is 2. The fourth-order valence-corrected chi connectivity index (χ4v) is 0.947. The lowest BCUT2D eigenvalue weighted by atomic mass is 10.1. The number of aromatic nitrogens is 1. The van der Waals surface area contributed by atoms with Crippen molar-refractivity contribution in [2.24, 2.45) is 5.18 Å². The lowest BCUT2D eigenvalue weighted by Gasteiger charge is -2.03. The van der Waals surface area contributed by atoms with Gasteiger partial charge in [0.05, 0.1) is 18.9 Å². The molecule has 0 aliphatic carbocycles. The van der Waals surface area contributed by atoms with Crippen molar-refractivity contribution in [3.05, 3.63) is 35.5 Å². The molecule has 0 bridgehead atoms. The molecule has 0 aliphatic heterocycles. The standard InChI is InChI=1S/C9H8N2O3/c1-6(9(12)14-2)7-3-4-10-5-8(7)11-13/h3-5H,1H2,2H3. The molecule has 0 atom stereocenters. The number of rotatable bonds is 3. The van der Waals surface area contributed by atoms with Crippen molar-refractivity contribution in [3.8, 4) is 0 Å². The van der Waals surface area contributed by atoms with Crippen LogP contribution in [0.3, 0.4) is 0 Å². The van der Waals surface area contributed by atoms with Gasteiger partial charge in [0.2, 0.25) is 0 Å². The van der Waals surface area contributed by atoms with Gasteiger partial charge in [0.15, 0.2) is 0 Å². The van der Waals surface area contributed by atoms with Gasteiger partial charge in [-0.05, 0) is 11.2 Å². The molecule has 0 aliphatic rings. The zero-order chi connectivity index (χ0) is 10.6. The first-order chi connectivity index (χ1) is 6.70. The summed E-state index contributed by atoms with van der Waals surface area (Å²) in [5.41, 5.74) is 0.495. The van der Waals surface area contributed by atoms with Crippen LogP contribution in [0.25, 0.3) is 5.57 Å². The highest BCUT2D eigenvalue weighted by Crippen LogP contribution is 2.24. The monoisotopic (exact) mass is 192 g/mol. The second-order valence-electron chi connectivity index (χ2n) is 2.45. The zero-order valence-corrected chi connectivity index (χ0v) is 7.56. The Morgan fingerprint density at radius 1 is 1.64 bits per heavy atom. The molecule has 0 aromatic carbocycles. The maximum absolute atomic E-state index is 11.1. The number of carbonyl (C=O) groups excluding carboxylic acids is 1. The number of carbonyl (C=O) groups is 1. The van der Waals surface area contributed by atoms with Crippen LogP contribution in [0.5, 0.6) is 0 Å². The van der Waals surface area contributed by atoms with Crippen molar-refractivity contribution in [2.75, 3.05) is 7.11 Å². The summed E-state index contributed by atoms with van der Waals surface area (Å²) in [5, 5.41) is 2.73. The Kier molecular flexibility index (Phi) is 3.06. The van der Waals surface area contributed by atoms with Crippen LogP contribution in [0, 0.1) is 4.91 Å². The van der Waals surface area contributed by atoms with Crippen LogP contribution < -0.4 is 0 Å². The molecule has 14 heavy (non-hydrogen) atoms. The second-order valence-corrected chi connectivity index (χ2v) is 2.45. The van der Waals surface area contributed by atoms with Crippen LogP contribution in [-0.2, 0) is 9.53 Å². The van der Waals surface area contributed by atoms with E-state index in [0.717, 1.165) is 0 Å².